The highest BCUT2D eigenvalue weighted by atomic mass is 32.2. The molecular weight excluding hydrogens is 394 g/mol. The van der Waals surface area contributed by atoms with Crippen molar-refractivity contribution in [2.75, 3.05) is 5.75 Å². The Kier molecular flexibility index (Phi) is 4.95. The van der Waals surface area contributed by atoms with E-state index in [0.29, 0.717) is 11.2 Å². The third-order valence-electron chi connectivity index (χ3n) is 5.13. The minimum absolute atomic E-state index is 0.0460. The van der Waals surface area contributed by atoms with Crippen LogP contribution in [0.3, 0.4) is 0 Å². The second-order valence-electron chi connectivity index (χ2n) is 6.80. The van der Waals surface area contributed by atoms with E-state index in [1.807, 2.05) is 60.1 Å². The molecule has 1 aliphatic heterocycles. The Labute approximate surface area is 167 Å². The number of hydrogen-bond donors (Lipinski definition) is 0. The maximum Gasteiger partial charge on any atom is 0.267 e. The Morgan fingerprint density at radius 3 is 2.54 bits per heavy atom. The van der Waals surface area contributed by atoms with Crippen molar-refractivity contribution in [3.8, 4) is 0 Å². The summed E-state index contributed by atoms with van der Waals surface area (Å²) < 4.78 is 29.6. The van der Waals surface area contributed by atoms with Crippen LogP contribution in [0.15, 0.2) is 53.5 Å². The molecule has 1 atom stereocenters. The van der Waals surface area contributed by atoms with Gasteiger partial charge in [0.1, 0.15) is 6.04 Å². The minimum atomic E-state index is -3.54. The zero-order valence-electron chi connectivity index (χ0n) is 15.7. The number of benzene rings is 2. The van der Waals surface area contributed by atoms with Gasteiger partial charge in [-0.1, -0.05) is 47.7 Å². The number of aromatic nitrogens is 1. The van der Waals surface area contributed by atoms with Crippen LogP contribution in [0.1, 0.15) is 18.1 Å². The summed E-state index contributed by atoms with van der Waals surface area (Å²) in [6.45, 7) is 1.80. The molecule has 0 spiro atoms. The standard InChI is InChI=1S/C20H21N3O3S2/c1-3-28(25,26)23-13-15-9-5-4-8-14(15)12-17(23)19(24)21-20-22(2)16-10-6-7-11-18(16)27-20/h4-11,17H,3,12-13H2,1-2H3. The summed E-state index contributed by atoms with van der Waals surface area (Å²) in [5.41, 5.74) is 2.93. The molecule has 0 aliphatic carbocycles. The van der Waals surface area contributed by atoms with Gasteiger partial charge in [0.05, 0.1) is 16.0 Å². The number of amides is 1. The number of carbonyl (C=O) groups excluding carboxylic acids is 1. The smallest absolute Gasteiger partial charge is 0.267 e. The van der Waals surface area contributed by atoms with Gasteiger partial charge in [-0.25, -0.2) is 8.42 Å². The molecule has 6 nitrogen and oxygen atoms in total. The molecule has 0 N–H and O–H groups in total. The second-order valence-corrected chi connectivity index (χ2v) is 10.0. The molecule has 1 amide bonds. The van der Waals surface area contributed by atoms with E-state index < -0.39 is 22.0 Å². The van der Waals surface area contributed by atoms with Crippen LogP contribution in [0.4, 0.5) is 0 Å². The average Bonchev–Trinajstić information content (AvgIpc) is 3.02. The maximum absolute atomic E-state index is 13.1. The second kappa shape index (κ2) is 7.27. The van der Waals surface area contributed by atoms with Crippen LogP contribution in [-0.2, 0) is 34.8 Å². The first kappa shape index (κ1) is 19.0. The van der Waals surface area contributed by atoms with Crippen LogP contribution in [0.25, 0.3) is 10.2 Å². The summed E-state index contributed by atoms with van der Waals surface area (Å²) >= 11 is 1.42. The predicted molar refractivity (Wildman–Crippen MR) is 110 cm³/mol. The maximum atomic E-state index is 13.1. The van der Waals surface area contributed by atoms with E-state index >= 15 is 0 Å². The molecule has 28 heavy (non-hydrogen) atoms. The lowest BCUT2D eigenvalue weighted by molar-refractivity contribution is -0.122. The van der Waals surface area contributed by atoms with E-state index in [-0.39, 0.29) is 12.3 Å². The summed E-state index contributed by atoms with van der Waals surface area (Å²) in [4.78, 5) is 18.0. The quantitative estimate of drug-likeness (QED) is 0.660. The van der Waals surface area contributed by atoms with Crippen molar-refractivity contribution >= 4 is 37.5 Å². The molecule has 146 valence electrons. The normalized spacial score (nSPS) is 18.4. The molecule has 3 aromatic rings. The summed E-state index contributed by atoms with van der Waals surface area (Å²) in [7, 11) is -1.67. The van der Waals surface area contributed by atoms with Gasteiger partial charge in [0.2, 0.25) is 10.0 Å². The van der Waals surface area contributed by atoms with Crippen LogP contribution < -0.4 is 4.80 Å². The summed E-state index contributed by atoms with van der Waals surface area (Å²) in [5.74, 6) is -0.469. The molecule has 2 aromatic carbocycles. The van der Waals surface area contributed by atoms with E-state index in [1.54, 1.807) is 6.92 Å². The number of aryl methyl sites for hydroxylation is 1. The third-order valence-corrected chi connectivity index (χ3v) is 8.07. The van der Waals surface area contributed by atoms with E-state index in [0.717, 1.165) is 21.3 Å². The number of rotatable bonds is 3. The molecule has 1 aliphatic rings. The fraction of sp³-hybridized carbons (Fsp3) is 0.300. The predicted octanol–water partition coefficient (Wildman–Crippen LogP) is 2.44. The molecule has 2 heterocycles. The Balaban J connectivity index is 1.78. The van der Waals surface area contributed by atoms with Gasteiger partial charge >= 0.3 is 0 Å². The molecular formula is C20H21N3O3S2. The summed E-state index contributed by atoms with van der Waals surface area (Å²) in [6.07, 6.45) is 0.340. The Bertz CT molecular complexity index is 1220. The molecule has 0 saturated carbocycles. The van der Waals surface area contributed by atoms with Crippen molar-refractivity contribution in [2.24, 2.45) is 12.0 Å². The minimum Gasteiger partial charge on any atom is -0.319 e. The van der Waals surface area contributed by atoms with Crippen LogP contribution >= 0.6 is 11.3 Å². The van der Waals surface area contributed by atoms with E-state index in [9.17, 15) is 13.2 Å². The lowest BCUT2D eigenvalue weighted by Gasteiger charge is -2.33. The van der Waals surface area contributed by atoms with Gasteiger partial charge in [0.15, 0.2) is 4.80 Å². The molecule has 4 rings (SSSR count). The van der Waals surface area contributed by atoms with Gasteiger partial charge in [-0.3, -0.25) is 4.79 Å². The number of thiazole rings is 1. The van der Waals surface area contributed by atoms with Crippen molar-refractivity contribution in [2.45, 2.75) is 25.9 Å². The van der Waals surface area contributed by atoms with E-state index in [4.69, 9.17) is 0 Å². The van der Waals surface area contributed by atoms with Gasteiger partial charge in [0, 0.05) is 13.6 Å². The zero-order valence-corrected chi connectivity index (χ0v) is 17.3. The number of nitrogens with zero attached hydrogens (tertiary/aromatic N) is 3. The largest absolute Gasteiger partial charge is 0.319 e. The highest BCUT2D eigenvalue weighted by molar-refractivity contribution is 7.89. The fourth-order valence-electron chi connectivity index (χ4n) is 3.52. The molecule has 0 bridgehead atoms. The van der Waals surface area contributed by atoms with Gasteiger partial charge < -0.3 is 4.57 Å². The van der Waals surface area contributed by atoms with Crippen LogP contribution in [-0.4, -0.2) is 35.0 Å². The average molecular weight is 416 g/mol. The molecule has 0 fully saturated rings. The van der Waals surface area contributed by atoms with E-state index in [1.165, 1.54) is 15.6 Å². The number of para-hydroxylation sites is 1. The monoisotopic (exact) mass is 415 g/mol. The van der Waals surface area contributed by atoms with E-state index in [2.05, 4.69) is 4.99 Å². The lowest BCUT2D eigenvalue weighted by atomic mass is 9.95. The Morgan fingerprint density at radius 2 is 1.82 bits per heavy atom. The molecule has 8 heteroatoms. The fourth-order valence-corrected chi connectivity index (χ4v) is 5.77. The van der Waals surface area contributed by atoms with Gasteiger partial charge in [-0.15, -0.1) is 0 Å². The van der Waals surface area contributed by atoms with Crippen molar-refractivity contribution in [1.82, 2.24) is 8.87 Å². The van der Waals surface area contributed by atoms with Crippen molar-refractivity contribution in [3.05, 3.63) is 64.5 Å². The number of sulfonamides is 1. The van der Waals surface area contributed by atoms with Gasteiger partial charge in [0.25, 0.3) is 5.91 Å². The third kappa shape index (κ3) is 3.32. The number of hydrogen-bond acceptors (Lipinski definition) is 4. The Morgan fingerprint density at radius 1 is 1.14 bits per heavy atom. The van der Waals surface area contributed by atoms with Crippen LogP contribution in [0.5, 0.6) is 0 Å². The molecule has 0 radical (unpaired) electrons. The van der Waals surface area contributed by atoms with Crippen molar-refractivity contribution in [3.63, 3.8) is 0 Å². The Hall–Kier alpha value is -2.29. The van der Waals surface area contributed by atoms with Gasteiger partial charge in [-0.2, -0.15) is 9.30 Å². The van der Waals surface area contributed by atoms with Crippen LogP contribution in [0, 0.1) is 0 Å². The first-order valence-electron chi connectivity index (χ1n) is 9.10. The SMILES string of the molecule is CCS(=O)(=O)N1Cc2ccccc2CC1C(=O)N=c1sc2ccccc2n1C. The first-order valence-corrected chi connectivity index (χ1v) is 11.5. The molecule has 0 saturated heterocycles. The van der Waals surface area contributed by atoms with Crippen molar-refractivity contribution in [1.29, 1.82) is 0 Å². The zero-order chi connectivity index (χ0) is 19.9. The van der Waals surface area contributed by atoms with Crippen molar-refractivity contribution < 1.29 is 13.2 Å². The number of fused-ring (bicyclic) bond motifs is 2. The lowest BCUT2D eigenvalue weighted by Crippen LogP contribution is -2.49. The summed E-state index contributed by atoms with van der Waals surface area (Å²) in [6, 6.07) is 14.7. The highest BCUT2D eigenvalue weighted by Gasteiger charge is 2.37. The first-order chi connectivity index (χ1) is 13.4. The number of carbonyl (C=O) groups is 1. The summed E-state index contributed by atoms with van der Waals surface area (Å²) in [5, 5.41) is 0. The molecule has 1 aromatic heterocycles. The topological polar surface area (TPSA) is 71.7 Å². The van der Waals surface area contributed by atoms with Crippen LogP contribution in [0.2, 0.25) is 0 Å². The molecule has 1 unspecified atom stereocenters. The van der Waals surface area contributed by atoms with Gasteiger partial charge in [-0.05, 0) is 36.6 Å². The highest BCUT2D eigenvalue weighted by Crippen LogP contribution is 2.27.